The molecule has 2 atom stereocenters. The highest BCUT2D eigenvalue weighted by Gasteiger charge is 2.39. The standard InChI is InChI=1S/C30H40Cl2N2O/c1-30(2,3)29(35)34-16-7-10-25(24-11-12-26(31)27(32)21-24)28(34)15-19-33-17-13-23(14-18-33)20-22-8-5-4-6-9-22/h4-6,8-9,11-12,21,23,25,28H,7,10,13-20H2,1-3H3. The Morgan fingerprint density at radius 3 is 2.31 bits per heavy atom. The molecule has 1 amide bonds. The van der Waals surface area contributed by atoms with Gasteiger partial charge in [-0.3, -0.25) is 4.79 Å². The quantitative estimate of drug-likeness (QED) is 0.399. The molecule has 35 heavy (non-hydrogen) atoms. The van der Waals surface area contributed by atoms with E-state index in [-0.39, 0.29) is 17.4 Å². The van der Waals surface area contributed by atoms with Crippen LogP contribution >= 0.6 is 23.2 Å². The molecule has 0 saturated carbocycles. The number of piperidine rings is 2. The van der Waals surface area contributed by atoms with Crippen molar-refractivity contribution in [2.45, 2.75) is 71.3 Å². The Morgan fingerprint density at radius 1 is 0.943 bits per heavy atom. The number of hydrogen-bond acceptors (Lipinski definition) is 2. The minimum absolute atomic E-state index is 0.190. The smallest absolute Gasteiger partial charge is 0.228 e. The van der Waals surface area contributed by atoms with E-state index in [4.69, 9.17) is 23.2 Å². The van der Waals surface area contributed by atoms with Crippen LogP contribution in [0.15, 0.2) is 48.5 Å². The molecule has 5 heteroatoms. The van der Waals surface area contributed by atoms with Crippen molar-refractivity contribution in [1.82, 2.24) is 9.80 Å². The van der Waals surface area contributed by atoms with E-state index in [9.17, 15) is 4.79 Å². The molecule has 2 fully saturated rings. The van der Waals surface area contributed by atoms with Gasteiger partial charge in [-0.2, -0.15) is 0 Å². The van der Waals surface area contributed by atoms with Gasteiger partial charge in [-0.15, -0.1) is 0 Å². The average Bonchev–Trinajstić information content (AvgIpc) is 2.85. The van der Waals surface area contributed by atoms with E-state index in [2.05, 4.69) is 46.2 Å². The molecule has 2 aliphatic heterocycles. The Balaban J connectivity index is 1.43. The Bertz CT molecular complexity index is 980. The highest BCUT2D eigenvalue weighted by molar-refractivity contribution is 6.42. The third-order valence-electron chi connectivity index (χ3n) is 7.87. The maximum absolute atomic E-state index is 13.5. The molecule has 0 aliphatic carbocycles. The lowest BCUT2D eigenvalue weighted by Crippen LogP contribution is -2.52. The Hall–Kier alpha value is -1.55. The summed E-state index contributed by atoms with van der Waals surface area (Å²) in [4.78, 5) is 18.3. The molecule has 2 unspecified atom stereocenters. The normalized spacial score (nSPS) is 22.4. The van der Waals surface area contributed by atoms with Gasteiger partial charge in [-0.05, 0) is 80.8 Å². The van der Waals surface area contributed by atoms with E-state index in [1.165, 1.54) is 30.4 Å². The highest BCUT2D eigenvalue weighted by Crippen LogP contribution is 2.39. The molecular formula is C30H40Cl2N2O. The minimum Gasteiger partial charge on any atom is -0.339 e. The second-order valence-electron chi connectivity index (χ2n) is 11.5. The predicted octanol–water partition coefficient (Wildman–Crippen LogP) is 7.46. The second-order valence-corrected chi connectivity index (χ2v) is 12.3. The molecule has 0 aromatic heterocycles. The molecule has 2 saturated heterocycles. The fraction of sp³-hybridized carbons (Fsp3) is 0.567. The van der Waals surface area contributed by atoms with Crippen LogP contribution in [0.4, 0.5) is 0 Å². The van der Waals surface area contributed by atoms with Gasteiger partial charge < -0.3 is 9.80 Å². The van der Waals surface area contributed by atoms with Crippen molar-refractivity contribution in [1.29, 1.82) is 0 Å². The molecule has 2 aromatic rings. The summed E-state index contributed by atoms with van der Waals surface area (Å²) in [5, 5.41) is 1.19. The van der Waals surface area contributed by atoms with E-state index in [1.54, 1.807) is 0 Å². The fourth-order valence-electron chi connectivity index (χ4n) is 5.91. The van der Waals surface area contributed by atoms with Crippen LogP contribution in [0.3, 0.4) is 0 Å². The molecule has 2 aliphatic rings. The van der Waals surface area contributed by atoms with E-state index in [1.807, 2.05) is 32.9 Å². The van der Waals surface area contributed by atoms with E-state index >= 15 is 0 Å². The first kappa shape index (κ1) is 26.5. The number of carbonyl (C=O) groups is 1. The SMILES string of the molecule is CC(C)(C)C(=O)N1CCCC(c2ccc(Cl)c(Cl)c2)C1CCN1CCC(Cc2ccccc2)CC1. The van der Waals surface area contributed by atoms with Gasteiger partial charge in [0.15, 0.2) is 0 Å². The number of benzene rings is 2. The van der Waals surface area contributed by atoms with Gasteiger partial charge in [-0.1, -0.05) is 80.4 Å². The van der Waals surface area contributed by atoms with Gasteiger partial charge in [0.05, 0.1) is 10.0 Å². The summed E-state index contributed by atoms with van der Waals surface area (Å²) in [6.07, 6.45) is 6.78. The van der Waals surface area contributed by atoms with Crippen LogP contribution in [-0.4, -0.2) is 47.9 Å². The first-order valence-corrected chi connectivity index (χ1v) is 14.0. The Kier molecular flexibility index (Phi) is 8.84. The van der Waals surface area contributed by atoms with Crippen molar-refractivity contribution >= 4 is 29.1 Å². The zero-order chi connectivity index (χ0) is 25.0. The molecule has 190 valence electrons. The lowest BCUT2D eigenvalue weighted by molar-refractivity contribution is -0.144. The molecule has 0 N–H and O–H groups in total. The molecule has 2 aromatic carbocycles. The molecular weight excluding hydrogens is 475 g/mol. The first-order valence-electron chi connectivity index (χ1n) is 13.2. The fourth-order valence-corrected chi connectivity index (χ4v) is 6.21. The van der Waals surface area contributed by atoms with E-state index in [0.29, 0.717) is 16.0 Å². The topological polar surface area (TPSA) is 23.6 Å². The van der Waals surface area contributed by atoms with Gasteiger partial charge in [0.2, 0.25) is 5.91 Å². The van der Waals surface area contributed by atoms with E-state index < -0.39 is 0 Å². The number of carbonyl (C=O) groups excluding carboxylic acids is 1. The third-order valence-corrected chi connectivity index (χ3v) is 8.61. The maximum atomic E-state index is 13.5. The monoisotopic (exact) mass is 514 g/mol. The predicted molar refractivity (Wildman–Crippen MR) is 147 cm³/mol. The van der Waals surface area contributed by atoms with Crippen molar-refractivity contribution in [3.63, 3.8) is 0 Å². The van der Waals surface area contributed by atoms with Crippen LogP contribution in [-0.2, 0) is 11.2 Å². The number of rotatable bonds is 6. The van der Waals surface area contributed by atoms with Crippen molar-refractivity contribution in [2.24, 2.45) is 11.3 Å². The highest BCUT2D eigenvalue weighted by atomic mass is 35.5. The maximum Gasteiger partial charge on any atom is 0.228 e. The van der Waals surface area contributed by atoms with Gasteiger partial charge in [0.25, 0.3) is 0 Å². The van der Waals surface area contributed by atoms with Crippen LogP contribution in [0.1, 0.15) is 69.9 Å². The molecule has 0 bridgehead atoms. The number of halogens is 2. The number of hydrogen-bond donors (Lipinski definition) is 0. The van der Waals surface area contributed by atoms with Gasteiger partial charge in [0.1, 0.15) is 0 Å². The lowest BCUT2D eigenvalue weighted by Gasteiger charge is -2.45. The van der Waals surface area contributed by atoms with Crippen LogP contribution in [0.25, 0.3) is 0 Å². The van der Waals surface area contributed by atoms with Gasteiger partial charge >= 0.3 is 0 Å². The number of amides is 1. The summed E-state index contributed by atoms with van der Waals surface area (Å²) in [7, 11) is 0. The summed E-state index contributed by atoms with van der Waals surface area (Å²) in [6, 6.07) is 17.1. The zero-order valence-corrected chi connectivity index (χ0v) is 23.0. The summed E-state index contributed by atoms with van der Waals surface area (Å²) < 4.78 is 0. The Labute approximate surface area is 221 Å². The lowest BCUT2D eigenvalue weighted by atomic mass is 9.80. The molecule has 3 nitrogen and oxygen atoms in total. The van der Waals surface area contributed by atoms with Crippen LogP contribution < -0.4 is 0 Å². The van der Waals surface area contributed by atoms with Crippen molar-refractivity contribution < 1.29 is 4.79 Å². The largest absolute Gasteiger partial charge is 0.339 e. The van der Waals surface area contributed by atoms with Gasteiger partial charge in [-0.25, -0.2) is 0 Å². The van der Waals surface area contributed by atoms with Crippen LogP contribution in [0.2, 0.25) is 10.0 Å². The van der Waals surface area contributed by atoms with Crippen LogP contribution in [0.5, 0.6) is 0 Å². The van der Waals surface area contributed by atoms with Crippen molar-refractivity contribution in [3.8, 4) is 0 Å². The molecule has 4 rings (SSSR count). The van der Waals surface area contributed by atoms with Crippen LogP contribution in [0, 0.1) is 11.3 Å². The Morgan fingerprint density at radius 2 is 1.66 bits per heavy atom. The second kappa shape index (κ2) is 11.7. The zero-order valence-electron chi connectivity index (χ0n) is 21.5. The molecule has 2 heterocycles. The van der Waals surface area contributed by atoms with Gasteiger partial charge in [0, 0.05) is 30.5 Å². The molecule has 0 spiro atoms. The third kappa shape index (κ3) is 6.81. The number of likely N-dealkylation sites (tertiary alicyclic amines) is 2. The van der Waals surface area contributed by atoms with E-state index in [0.717, 1.165) is 51.4 Å². The summed E-state index contributed by atoms with van der Waals surface area (Å²) >= 11 is 12.6. The number of nitrogens with zero attached hydrogens (tertiary/aromatic N) is 2. The first-order chi connectivity index (χ1) is 16.7. The molecule has 0 radical (unpaired) electrons. The minimum atomic E-state index is -0.381. The van der Waals surface area contributed by atoms with Crippen molar-refractivity contribution in [3.05, 3.63) is 69.7 Å². The summed E-state index contributed by atoms with van der Waals surface area (Å²) in [6.45, 7) is 10.3. The average molecular weight is 516 g/mol. The summed E-state index contributed by atoms with van der Waals surface area (Å²) in [5.74, 6) is 1.32. The van der Waals surface area contributed by atoms with Crippen molar-refractivity contribution in [2.75, 3.05) is 26.2 Å². The summed E-state index contributed by atoms with van der Waals surface area (Å²) in [5.41, 5.74) is 2.28.